The highest BCUT2D eigenvalue weighted by molar-refractivity contribution is 6.30. The second-order valence-corrected chi connectivity index (χ2v) is 26.9. The van der Waals surface area contributed by atoms with Gasteiger partial charge in [0.15, 0.2) is 0 Å². The molecule has 0 aromatic heterocycles. The first-order valence-electron chi connectivity index (χ1n) is 32.8. The predicted molar refractivity (Wildman–Crippen MR) is 361 cm³/mol. The van der Waals surface area contributed by atoms with Crippen LogP contribution in [0.2, 0.25) is 5.02 Å². The second-order valence-electron chi connectivity index (χ2n) is 26.4. The van der Waals surface area contributed by atoms with Gasteiger partial charge in [-0.1, -0.05) is 114 Å². The van der Waals surface area contributed by atoms with Crippen molar-refractivity contribution < 1.29 is 57.5 Å². The van der Waals surface area contributed by atoms with E-state index in [1.807, 2.05) is 27.7 Å². The van der Waals surface area contributed by atoms with Crippen LogP contribution in [-0.4, -0.2) is 240 Å². The number of benzene rings is 3. The Labute approximate surface area is 569 Å². The van der Waals surface area contributed by atoms with E-state index >= 15 is 14.4 Å². The molecular weight excluding hydrogens is 1250 g/mol. The van der Waals surface area contributed by atoms with Gasteiger partial charge >= 0.3 is 0 Å². The van der Waals surface area contributed by atoms with Crippen LogP contribution in [0.4, 0.5) is 0 Å². The monoisotopic (exact) mass is 1350 g/mol. The zero-order chi connectivity index (χ0) is 71.4. The van der Waals surface area contributed by atoms with Gasteiger partial charge in [0.1, 0.15) is 48.3 Å². The van der Waals surface area contributed by atoms with Gasteiger partial charge in [-0.2, -0.15) is 5.26 Å². The van der Waals surface area contributed by atoms with Crippen molar-refractivity contribution in [2.75, 3.05) is 82.1 Å². The quantitative estimate of drug-likeness (QED) is 0.192. The number of likely N-dealkylation sites (tertiary alicyclic amines) is 1. The van der Waals surface area contributed by atoms with E-state index in [2.05, 4.69) is 27.3 Å². The summed E-state index contributed by atoms with van der Waals surface area (Å²) < 4.78 is 0. The summed E-state index contributed by atoms with van der Waals surface area (Å²) in [6, 6.07) is 13.3. The zero-order valence-electron chi connectivity index (χ0n) is 58.1. The van der Waals surface area contributed by atoms with Crippen LogP contribution < -0.4 is 21.3 Å². The normalized spacial score (nSPS) is 23.6. The molecule has 25 nitrogen and oxygen atoms in total. The first kappa shape index (κ1) is 77.8. The molecule has 3 aromatic rings. The molecule has 2 aliphatic rings. The molecule has 2 saturated heterocycles. The molecule has 0 spiro atoms. The third-order valence-corrected chi connectivity index (χ3v) is 18.2. The Hall–Kier alpha value is -8.92. The number of nitrogens with one attached hydrogen (secondary N) is 4. The topological polar surface area (TPSA) is 303 Å². The number of likely N-dealkylation sites (N-methyl/N-ethyl adjacent to an activating group) is 7. The number of rotatable bonds is 13. The standard InChI is InChI=1S/C70H98ClN13O12/c1-15-45(6)62-70(96)79(10)41-60(87)77(8)42-61(88)81(12)56(37-48-26-28-51(71)29-27-48)68(94)78(9)40-58(85)73-52(35-49-24-21-25-50(34-49)39-72)64(90)74-53(32-43(2)3)66(92)83(14)57(36-47-22-17-16-18-23-47)69(95)82(13)55(33-44(4)5)65(91)75-54(67(93)84-30-19-20-31-84)38-59(86)80(11)46(7)63(89)76-62/h16-18,21-29,34,43-46,52-57,62H,15,19-20,30-33,35-38,40-42H2,1-14H3,(H,73,85)(H,74,90)(H,75,91)(H,76,89)/t45-,46-,52-,53-,54+,55-,56-,57-,62-/m0/s1. The van der Waals surface area contributed by atoms with Crippen LogP contribution in [0.3, 0.4) is 0 Å². The van der Waals surface area contributed by atoms with Crippen LogP contribution in [0, 0.1) is 29.1 Å². The first-order valence-corrected chi connectivity index (χ1v) is 33.2. The Balaban J connectivity index is 1.64. The molecule has 0 saturated carbocycles. The summed E-state index contributed by atoms with van der Waals surface area (Å²) in [6.45, 7) is 11.3. The zero-order valence-corrected chi connectivity index (χ0v) is 58.8. The lowest BCUT2D eigenvalue weighted by atomic mass is 9.97. The van der Waals surface area contributed by atoms with Gasteiger partial charge < -0.3 is 60.5 Å². The lowest BCUT2D eigenvalue weighted by molar-refractivity contribution is -0.150. The fourth-order valence-electron chi connectivity index (χ4n) is 11.6. The van der Waals surface area contributed by atoms with Gasteiger partial charge in [0, 0.05) is 86.7 Å². The van der Waals surface area contributed by atoms with Crippen molar-refractivity contribution in [3.63, 3.8) is 0 Å². The van der Waals surface area contributed by atoms with Gasteiger partial charge in [-0.3, -0.25) is 57.5 Å². The van der Waals surface area contributed by atoms with Crippen molar-refractivity contribution >= 4 is 82.5 Å². The van der Waals surface area contributed by atoms with Gasteiger partial charge in [-0.15, -0.1) is 0 Å². The van der Waals surface area contributed by atoms with Crippen molar-refractivity contribution in [1.29, 1.82) is 5.26 Å². The molecule has 2 aliphatic heterocycles. The minimum Gasteiger partial charge on any atom is -0.342 e. The Morgan fingerprint density at radius 2 is 1.10 bits per heavy atom. The van der Waals surface area contributed by atoms with Gasteiger partial charge in [-0.25, -0.2) is 0 Å². The third kappa shape index (κ3) is 21.8. The Bertz CT molecular complexity index is 3300. The van der Waals surface area contributed by atoms with Crippen molar-refractivity contribution in [3.05, 3.63) is 106 Å². The molecular formula is C70H98ClN13O12. The summed E-state index contributed by atoms with van der Waals surface area (Å²) in [4.78, 5) is 185. The lowest BCUT2D eigenvalue weighted by Gasteiger charge is -2.37. The number of nitrogens with zero attached hydrogens (tertiary/aromatic N) is 9. The SMILES string of the molecule is CC[C@H](C)[C@@H]1NC(=O)[C@H](C)N(C)C(=O)C[C@H](C(=O)N2CCCC2)NC(=O)[C@H](CC(C)C)N(C)C(=O)[C@H](Cc2ccccc2)N(C)C(=O)[C@H](CC(C)C)NC(=O)[C@H](Cc2cccc(C#N)c2)NC(=O)CN(C)C(=O)[C@H](Cc2ccc(Cl)cc2)N(C)C(=O)CN(C)C(=O)CN(C)C1=O. The number of halogens is 1. The largest absolute Gasteiger partial charge is 0.342 e. The average Bonchev–Trinajstić information content (AvgIpc) is 0.907. The van der Waals surface area contributed by atoms with E-state index in [-0.39, 0.29) is 49.5 Å². The maximum Gasteiger partial charge on any atom is 0.246 e. The Kier molecular flexibility index (Phi) is 29.4. The van der Waals surface area contributed by atoms with Crippen LogP contribution >= 0.6 is 11.6 Å². The van der Waals surface area contributed by atoms with Gasteiger partial charge in [0.25, 0.3) is 0 Å². The van der Waals surface area contributed by atoms with E-state index in [1.54, 1.807) is 97.6 Å². The van der Waals surface area contributed by atoms with Crippen LogP contribution in [0.15, 0.2) is 78.9 Å². The molecule has 0 aliphatic carbocycles. The summed E-state index contributed by atoms with van der Waals surface area (Å²) in [5.41, 5.74) is 1.95. The Morgan fingerprint density at radius 1 is 0.542 bits per heavy atom. The van der Waals surface area contributed by atoms with Crippen molar-refractivity contribution in [1.82, 2.24) is 60.5 Å². The average molecular weight is 1350 g/mol. The Morgan fingerprint density at radius 3 is 1.70 bits per heavy atom. The van der Waals surface area contributed by atoms with E-state index in [0.29, 0.717) is 54.1 Å². The van der Waals surface area contributed by atoms with E-state index < -0.39 is 151 Å². The number of carbonyl (C=O) groups is 12. The van der Waals surface area contributed by atoms with Crippen LogP contribution in [0.25, 0.3) is 0 Å². The molecule has 4 N–H and O–H groups in total. The minimum absolute atomic E-state index is 0.0432. The maximum absolute atomic E-state index is 15.5. The molecule has 2 heterocycles. The molecule has 2 fully saturated rings. The van der Waals surface area contributed by atoms with Crippen LogP contribution in [0.5, 0.6) is 0 Å². The van der Waals surface area contributed by atoms with E-state index in [4.69, 9.17) is 11.6 Å². The summed E-state index contributed by atoms with van der Waals surface area (Å²) in [5.74, 6) is -9.48. The van der Waals surface area contributed by atoms with E-state index in [1.165, 1.54) is 66.1 Å². The molecule has 0 bridgehead atoms. The lowest BCUT2D eigenvalue weighted by Crippen LogP contribution is -2.61. The van der Waals surface area contributed by atoms with Crippen molar-refractivity contribution in [2.24, 2.45) is 17.8 Å². The van der Waals surface area contributed by atoms with Gasteiger partial charge in [0.05, 0.1) is 37.7 Å². The minimum atomic E-state index is -1.47. The van der Waals surface area contributed by atoms with Gasteiger partial charge in [0.2, 0.25) is 70.9 Å². The smallest absolute Gasteiger partial charge is 0.246 e. The molecule has 522 valence electrons. The van der Waals surface area contributed by atoms with Crippen LogP contribution in [0.1, 0.15) is 109 Å². The third-order valence-electron chi connectivity index (χ3n) is 18.0. The molecule has 96 heavy (non-hydrogen) atoms. The highest BCUT2D eigenvalue weighted by Crippen LogP contribution is 2.23. The molecule has 5 rings (SSSR count). The molecule has 9 atom stereocenters. The molecule has 12 amide bonds. The van der Waals surface area contributed by atoms with Crippen LogP contribution in [-0.2, 0) is 76.8 Å². The fourth-order valence-corrected chi connectivity index (χ4v) is 11.7. The summed E-state index contributed by atoms with van der Waals surface area (Å²) in [7, 11) is 9.63. The van der Waals surface area contributed by atoms with Gasteiger partial charge in [-0.05, 0) is 91.3 Å². The summed E-state index contributed by atoms with van der Waals surface area (Å²) in [5, 5.41) is 21.5. The molecule has 3 aromatic carbocycles. The summed E-state index contributed by atoms with van der Waals surface area (Å²) >= 11 is 6.23. The van der Waals surface area contributed by atoms with Crippen molar-refractivity contribution in [2.45, 2.75) is 155 Å². The highest BCUT2D eigenvalue weighted by atomic mass is 35.5. The number of hydrogen-bond donors (Lipinski definition) is 4. The first-order chi connectivity index (χ1) is 45.3. The number of amides is 12. The fraction of sp³-hybridized carbons (Fsp3) is 0.557. The number of carbonyl (C=O) groups excluding carboxylic acids is 12. The molecule has 0 unspecified atom stereocenters. The maximum atomic E-state index is 15.5. The number of nitriles is 1. The molecule has 0 radical (unpaired) electrons. The predicted octanol–water partition coefficient (Wildman–Crippen LogP) is 3.05. The second kappa shape index (κ2) is 36.3. The number of hydrogen-bond acceptors (Lipinski definition) is 13. The summed E-state index contributed by atoms with van der Waals surface area (Å²) in [6.07, 6.45) is 0.930. The highest BCUT2D eigenvalue weighted by Gasteiger charge is 2.42. The van der Waals surface area contributed by atoms with E-state index in [9.17, 15) is 48.4 Å². The molecule has 26 heteroatoms. The van der Waals surface area contributed by atoms with Crippen molar-refractivity contribution in [3.8, 4) is 6.07 Å². The van der Waals surface area contributed by atoms with E-state index in [0.717, 1.165) is 24.5 Å².